The number of aryl methyl sites for hydroxylation is 1. The quantitative estimate of drug-likeness (QED) is 0.683. The number of carbonyl (C=O) groups is 1. The molecule has 0 saturated heterocycles. The molecular formula is C19H14F3N3O3. The van der Waals surface area contributed by atoms with Crippen LogP contribution in [0.4, 0.5) is 18.9 Å². The zero-order valence-corrected chi connectivity index (χ0v) is 14.5. The smallest absolute Gasteiger partial charge is 0.438 e. The van der Waals surface area contributed by atoms with Gasteiger partial charge in [-0.05, 0) is 61.5 Å². The Kier molecular flexibility index (Phi) is 5.44. The molecule has 1 aromatic heterocycles. The zero-order valence-electron chi connectivity index (χ0n) is 14.5. The number of ether oxygens (including phenoxy) is 2. The first-order valence-corrected chi connectivity index (χ1v) is 8.04. The summed E-state index contributed by atoms with van der Waals surface area (Å²) in [6.45, 7) is 1.81. The van der Waals surface area contributed by atoms with Gasteiger partial charge in [-0.25, -0.2) is 0 Å². The van der Waals surface area contributed by atoms with Crippen LogP contribution in [0, 0.1) is 6.92 Å². The highest BCUT2D eigenvalue weighted by molar-refractivity contribution is 6.04. The Bertz CT molecular complexity index is 941. The molecule has 0 unspecified atom stereocenters. The van der Waals surface area contributed by atoms with Crippen LogP contribution in [0.3, 0.4) is 0 Å². The van der Waals surface area contributed by atoms with Gasteiger partial charge in [0.05, 0.1) is 5.69 Å². The van der Waals surface area contributed by atoms with Crippen LogP contribution in [0.25, 0.3) is 0 Å². The van der Waals surface area contributed by atoms with Crippen molar-refractivity contribution in [3.05, 3.63) is 71.9 Å². The Labute approximate surface area is 157 Å². The number of nitrogens with one attached hydrogen (secondary N) is 1. The maximum Gasteiger partial charge on any atom is 0.573 e. The lowest BCUT2D eigenvalue weighted by molar-refractivity contribution is -0.274. The van der Waals surface area contributed by atoms with Crippen LogP contribution in [0.1, 0.15) is 16.1 Å². The molecule has 9 heteroatoms. The molecule has 1 heterocycles. The summed E-state index contributed by atoms with van der Waals surface area (Å²) >= 11 is 0. The molecule has 2 aromatic carbocycles. The molecule has 0 aliphatic rings. The summed E-state index contributed by atoms with van der Waals surface area (Å²) in [5.41, 5.74) is 1.44. The fourth-order valence-corrected chi connectivity index (χ4v) is 2.18. The predicted molar refractivity (Wildman–Crippen MR) is 94.4 cm³/mol. The normalized spacial score (nSPS) is 11.0. The Morgan fingerprint density at radius 2 is 1.54 bits per heavy atom. The van der Waals surface area contributed by atoms with E-state index in [-0.39, 0.29) is 5.75 Å². The highest BCUT2D eigenvalue weighted by atomic mass is 19.4. The fourth-order valence-electron chi connectivity index (χ4n) is 2.18. The fraction of sp³-hybridized carbons (Fsp3) is 0.105. The number of hydrogen-bond donors (Lipinski definition) is 1. The van der Waals surface area contributed by atoms with Crippen molar-refractivity contribution < 1.29 is 27.4 Å². The van der Waals surface area contributed by atoms with E-state index in [1.807, 2.05) is 0 Å². The molecule has 0 bridgehead atoms. The van der Waals surface area contributed by atoms with E-state index in [2.05, 4.69) is 20.3 Å². The molecule has 0 spiro atoms. The summed E-state index contributed by atoms with van der Waals surface area (Å²) in [4.78, 5) is 12.2. The van der Waals surface area contributed by atoms with Gasteiger partial charge in [0.1, 0.15) is 11.5 Å². The van der Waals surface area contributed by atoms with Crippen molar-refractivity contribution in [1.82, 2.24) is 10.2 Å². The summed E-state index contributed by atoms with van der Waals surface area (Å²) in [5, 5.41) is 10.4. The number of carbonyl (C=O) groups excluding carboxylic acids is 1. The Morgan fingerprint density at radius 3 is 2.11 bits per heavy atom. The van der Waals surface area contributed by atoms with Gasteiger partial charge in [-0.1, -0.05) is 0 Å². The van der Waals surface area contributed by atoms with Crippen molar-refractivity contribution in [1.29, 1.82) is 0 Å². The minimum atomic E-state index is -4.77. The van der Waals surface area contributed by atoms with Crippen molar-refractivity contribution in [2.45, 2.75) is 13.3 Å². The van der Waals surface area contributed by atoms with Gasteiger partial charge in [0, 0.05) is 17.3 Å². The average Bonchev–Trinajstić information content (AvgIpc) is 2.65. The van der Waals surface area contributed by atoms with Gasteiger partial charge in [-0.15, -0.1) is 18.3 Å². The van der Waals surface area contributed by atoms with Crippen LogP contribution in [0.5, 0.6) is 17.4 Å². The number of halogens is 3. The highest BCUT2D eigenvalue weighted by Crippen LogP contribution is 2.24. The Balaban J connectivity index is 1.60. The molecule has 6 nitrogen and oxygen atoms in total. The third kappa shape index (κ3) is 5.44. The van der Waals surface area contributed by atoms with E-state index in [1.165, 1.54) is 12.1 Å². The number of alkyl halides is 3. The SMILES string of the molecule is Cc1ccc(Oc2ccc(C(=O)Nc3ccc(OC(F)(F)F)cc3)cc2)nn1. The third-order valence-electron chi connectivity index (χ3n) is 3.46. The molecule has 3 aromatic rings. The molecule has 0 radical (unpaired) electrons. The van der Waals surface area contributed by atoms with E-state index in [4.69, 9.17) is 4.74 Å². The van der Waals surface area contributed by atoms with E-state index < -0.39 is 12.3 Å². The molecule has 0 atom stereocenters. The summed E-state index contributed by atoms with van der Waals surface area (Å²) in [7, 11) is 0. The standard InChI is InChI=1S/C19H14F3N3O3/c1-12-2-11-17(25-24-12)27-15-7-3-13(4-8-15)18(26)23-14-5-9-16(10-6-14)28-19(20,21)22/h2-11H,1H3,(H,23,26). The predicted octanol–water partition coefficient (Wildman–Crippen LogP) is 4.73. The molecule has 144 valence electrons. The number of aromatic nitrogens is 2. The monoisotopic (exact) mass is 389 g/mol. The van der Waals surface area contributed by atoms with Gasteiger partial charge in [0.15, 0.2) is 0 Å². The second-order valence-electron chi connectivity index (χ2n) is 5.67. The first kappa shape index (κ1) is 19.2. The second kappa shape index (κ2) is 7.95. The summed E-state index contributed by atoms with van der Waals surface area (Å²) in [6.07, 6.45) is -4.77. The molecule has 1 N–H and O–H groups in total. The third-order valence-corrected chi connectivity index (χ3v) is 3.46. The number of anilines is 1. The lowest BCUT2D eigenvalue weighted by atomic mass is 10.2. The topological polar surface area (TPSA) is 73.3 Å². The molecular weight excluding hydrogens is 375 g/mol. The van der Waals surface area contributed by atoms with Crippen molar-refractivity contribution >= 4 is 11.6 Å². The number of amides is 1. The highest BCUT2D eigenvalue weighted by Gasteiger charge is 2.30. The van der Waals surface area contributed by atoms with Crippen molar-refractivity contribution in [3.63, 3.8) is 0 Å². The van der Waals surface area contributed by atoms with Gasteiger partial charge in [0.2, 0.25) is 5.88 Å². The van der Waals surface area contributed by atoms with Crippen LogP contribution in [-0.2, 0) is 0 Å². The minimum Gasteiger partial charge on any atom is -0.438 e. The van der Waals surface area contributed by atoms with Crippen LogP contribution in [0.2, 0.25) is 0 Å². The van der Waals surface area contributed by atoms with E-state index in [0.717, 1.165) is 17.8 Å². The van der Waals surface area contributed by atoms with Crippen molar-refractivity contribution in [2.75, 3.05) is 5.32 Å². The van der Waals surface area contributed by atoms with Gasteiger partial charge in [-0.3, -0.25) is 4.79 Å². The lowest BCUT2D eigenvalue weighted by Crippen LogP contribution is -2.17. The maximum atomic E-state index is 12.2. The van der Waals surface area contributed by atoms with Crippen LogP contribution in [0.15, 0.2) is 60.7 Å². The Morgan fingerprint density at radius 1 is 0.893 bits per heavy atom. The number of nitrogens with zero attached hydrogens (tertiary/aromatic N) is 2. The number of hydrogen-bond acceptors (Lipinski definition) is 5. The first-order valence-electron chi connectivity index (χ1n) is 8.04. The second-order valence-corrected chi connectivity index (χ2v) is 5.67. The van der Waals surface area contributed by atoms with Crippen LogP contribution in [-0.4, -0.2) is 22.5 Å². The van der Waals surface area contributed by atoms with Gasteiger partial charge >= 0.3 is 6.36 Å². The number of benzene rings is 2. The zero-order chi connectivity index (χ0) is 20.1. The van der Waals surface area contributed by atoms with Crippen LogP contribution >= 0.6 is 0 Å². The molecule has 0 saturated carbocycles. The molecule has 0 fully saturated rings. The molecule has 3 rings (SSSR count). The van der Waals surface area contributed by atoms with Gasteiger partial charge in [-0.2, -0.15) is 5.10 Å². The average molecular weight is 389 g/mol. The summed E-state index contributed by atoms with van der Waals surface area (Å²) < 4.78 is 45.8. The van der Waals surface area contributed by atoms with Gasteiger partial charge < -0.3 is 14.8 Å². The molecule has 28 heavy (non-hydrogen) atoms. The van der Waals surface area contributed by atoms with E-state index in [0.29, 0.717) is 22.9 Å². The van der Waals surface area contributed by atoms with E-state index >= 15 is 0 Å². The molecule has 1 amide bonds. The molecule has 0 aliphatic heterocycles. The number of rotatable bonds is 5. The minimum absolute atomic E-state index is 0.323. The van der Waals surface area contributed by atoms with Gasteiger partial charge in [0.25, 0.3) is 5.91 Å². The van der Waals surface area contributed by atoms with Crippen LogP contribution < -0.4 is 14.8 Å². The molecule has 0 aliphatic carbocycles. The van der Waals surface area contributed by atoms with Crippen molar-refractivity contribution in [2.24, 2.45) is 0 Å². The van der Waals surface area contributed by atoms with E-state index in [1.54, 1.807) is 43.3 Å². The van der Waals surface area contributed by atoms with E-state index in [9.17, 15) is 18.0 Å². The summed E-state index contributed by atoms with van der Waals surface area (Å²) in [6, 6.07) is 14.6. The Hall–Kier alpha value is -3.62. The van der Waals surface area contributed by atoms with Crippen molar-refractivity contribution in [3.8, 4) is 17.4 Å². The lowest BCUT2D eigenvalue weighted by Gasteiger charge is -2.10. The first-order chi connectivity index (χ1) is 13.3. The summed E-state index contributed by atoms with van der Waals surface area (Å²) in [5.74, 6) is 0.00435. The maximum absolute atomic E-state index is 12.2. The largest absolute Gasteiger partial charge is 0.573 e.